The van der Waals surface area contributed by atoms with Crippen LogP contribution in [0.15, 0.2) is 18.2 Å². The fraction of sp³-hybridized carbons (Fsp3) is 0.417. The van der Waals surface area contributed by atoms with Gasteiger partial charge in [0, 0.05) is 18.8 Å². The molecule has 0 bridgehead atoms. The lowest BCUT2D eigenvalue weighted by Crippen LogP contribution is -2.47. The molecule has 21 heavy (non-hydrogen) atoms. The van der Waals surface area contributed by atoms with Gasteiger partial charge in [-0.3, -0.25) is 14.9 Å². The molecule has 2 rings (SSSR count). The molecule has 114 valence electrons. The van der Waals surface area contributed by atoms with Crippen molar-refractivity contribution in [1.82, 2.24) is 5.32 Å². The van der Waals surface area contributed by atoms with E-state index in [0.717, 1.165) is 12.1 Å². The summed E-state index contributed by atoms with van der Waals surface area (Å²) in [6.45, 7) is 0. The van der Waals surface area contributed by atoms with E-state index < -0.39 is 33.8 Å². The number of anilines is 1. The highest BCUT2D eigenvalue weighted by Gasteiger charge is 2.64. The van der Waals surface area contributed by atoms with Crippen LogP contribution in [0.25, 0.3) is 0 Å². The zero-order valence-electron chi connectivity index (χ0n) is 11.0. The quantitative estimate of drug-likeness (QED) is 0.661. The molecule has 0 saturated heterocycles. The number of rotatable bonds is 4. The van der Waals surface area contributed by atoms with Gasteiger partial charge in [-0.2, -0.15) is 13.2 Å². The predicted molar refractivity (Wildman–Crippen MR) is 68.1 cm³/mol. The number of alkyl halides is 3. The molecule has 1 aliphatic rings. The fourth-order valence-corrected chi connectivity index (χ4v) is 1.92. The summed E-state index contributed by atoms with van der Waals surface area (Å²) >= 11 is 0. The van der Waals surface area contributed by atoms with Crippen LogP contribution in [0, 0.1) is 10.1 Å². The van der Waals surface area contributed by atoms with Crippen molar-refractivity contribution >= 4 is 17.3 Å². The lowest BCUT2D eigenvalue weighted by atomic mass is 10.1. The minimum atomic E-state index is -4.57. The molecule has 6 nitrogen and oxygen atoms in total. The highest BCUT2D eigenvalue weighted by molar-refractivity contribution is 5.99. The monoisotopic (exact) mass is 303 g/mol. The first-order chi connectivity index (χ1) is 9.70. The molecule has 0 unspecified atom stereocenters. The van der Waals surface area contributed by atoms with E-state index in [4.69, 9.17) is 0 Å². The molecule has 2 N–H and O–H groups in total. The average Bonchev–Trinajstić information content (AvgIpc) is 3.18. The number of halogens is 3. The van der Waals surface area contributed by atoms with Crippen LogP contribution in [0.1, 0.15) is 23.2 Å². The minimum Gasteiger partial charge on any atom is -0.388 e. The summed E-state index contributed by atoms with van der Waals surface area (Å²) in [5.41, 5.74) is -2.80. The van der Waals surface area contributed by atoms with E-state index in [-0.39, 0.29) is 12.8 Å². The van der Waals surface area contributed by atoms with Gasteiger partial charge in [0.15, 0.2) is 0 Å². The third-order valence-electron chi connectivity index (χ3n) is 3.37. The Morgan fingerprint density at radius 3 is 2.43 bits per heavy atom. The van der Waals surface area contributed by atoms with E-state index in [1.807, 2.05) is 5.32 Å². The van der Waals surface area contributed by atoms with E-state index in [2.05, 4.69) is 5.32 Å². The van der Waals surface area contributed by atoms with Crippen LogP contribution >= 0.6 is 0 Å². The number of carbonyl (C=O) groups excluding carboxylic acids is 1. The number of nitro benzene ring substituents is 1. The van der Waals surface area contributed by atoms with E-state index >= 15 is 0 Å². The number of amides is 1. The largest absolute Gasteiger partial charge is 0.411 e. The van der Waals surface area contributed by atoms with E-state index in [9.17, 15) is 28.1 Å². The van der Waals surface area contributed by atoms with E-state index in [0.29, 0.717) is 5.69 Å². The molecule has 1 aromatic rings. The zero-order chi connectivity index (χ0) is 15.8. The lowest BCUT2D eigenvalue weighted by Gasteiger charge is -2.20. The molecular formula is C12H12F3N3O3. The molecule has 1 saturated carbocycles. The summed E-state index contributed by atoms with van der Waals surface area (Å²) < 4.78 is 38.4. The zero-order valence-corrected chi connectivity index (χ0v) is 11.0. The normalized spacial score (nSPS) is 16.2. The van der Waals surface area contributed by atoms with Crippen LogP contribution in [0.5, 0.6) is 0 Å². The first kappa shape index (κ1) is 15.1. The number of hydrogen-bond donors (Lipinski definition) is 2. The van der Waals surface area contributed by atoms with Gasteiger partial charge in [0.2, 0.25) is 0 Å². The maximum Gasteiger partial charge on any atom is 0.411 e. The summed E-state index contributed by atoms with van der Waals surface area (Å²) in [6, 6.07) is 3.60. The molecular weight excluding hydrogens is 291 g/mol. The second kappa shape index (κ2) is 4.90. The Kier molecular flexibility index (Phi) is 3.52. The van der Waals surface area contributed by atoms with Crippen LogP contribution in [0.4, 0.5) is 24.5 Å². The highest BCUT2D eigenvalue weighted by atomic mass is 19.4. The van der Waals surface area contributed by atoms with Gasteiger partial charge in [0.1, 0.15) is 11.1 Å². The maximum absolute atomic E-state index is 12.8. The molecule has 1 amide bonds. The Morgan fingerprint density at radius 1 is 1.38 bits per heavy atom. The Bertz CT molecular complexity index is 597. The number of benzene rings is 1. The first-order valence-electron chi connectivity index (χ1n) is 6.05. The first-order valence-corrected chi connectivity index (χ1v) is 6.05. The highest BCUT2D eigenvalue weighted by Crippen LogP contribution is 2.49. The van der Waals surface area contributed by atoms with Crippen LogP contribution in [0.2, 0.25) is 0 Å². The van der Waals surface area contributed by atoms with Gasteiger partial charge in [0.25, 0.3) is 11.6 Å². The predicted octanol–water partition coefficient (Wildman–Crippen LogP) is 2.46. The van der Waals surface area contributed by atoms with Crippen LogP contribution in [-0.2, 0) is 0 Å². The molecule has 9 heteroatoms. The standard InChI is InChI=1S/C12H12F3N3O3/c1-16-7-2-3-9(18(20)21)8(6-7)10(19)17-11(4-5-11)12(13,14)15/h2-3,6,16H,4-5H2,1H3,(H,17,19). The SMILES string of the molecule is CNc1ccc([N+](=O)[O-])c(C(=O)NC2(C(F)(F)F)CC2)c1. The van der Waals surface area contributed by atoms with Gasteiger partial charge >= 0.3 is 6.18 Å². The second-order valence-electron chi connectivity index (χ2n) is 4.77. The summed E-state index contributed by atoms with van der Waals surface area (Å²) in [5, 5.41) is 15.4. The second-order valence-corrected chi connectivity index (χ2v) is 4.77. The number of nitrogens with zero attached hydrogens (tertiary/aromatic N) is 1. The molecule has 0 aromatic heterocycles. The molecule has 0 heterocycles. The topological polar surface area (TPSA) is 84.3 Å². The van der Waals surface area contributed by atoms with Crippen LogP contribution < -0.4 is 10.6 Å². The molecule has 0 radical (unpaired) electrons. The van der Waals surface area contributed by atoms with Crippen molar-refractivity contribution in [3.63, 3.8) is 0 Å². The van der Waals surface area contributed by atoms with Crippen LogP contribution in [-0.4, -0.2) is 29.6 Å². The maximum atomic E-state index is 12.8. The van der Waals surface area contributed by atoms with Crippen molar-refractivity contribution in [1.29, 1.82) is 0 Å². The number of nitro groups is 1. The van der Waals surface area contributed by atoms with Crippen molar-refractivity contribution in [3.05, 3.63) is 33.9 Å². The minimum absolute atomic E-state index is 0.220. The molecule has 1 aliphatic carbocycles. The molecule has 1 aromatic carbocycles. The van der Waals surface area contributed by atoms with Crippen molar-refractivity contribution < 1.29 is 22.9 Å². The van der Waals surface area contributed by atoms with E-state index in [1.165, 1.54) is 13.1 Å². The van der Waals surface area contributed by atoms with Crippen molar-refractivity contribution in [2.24, 2.45) is 0 Å². The third kappa shape index (κ3) is 2.76. The van der Waals surface area contributed by atoms with Crippen molar-refractivity contribution in [3.8, 4) is 0 Å². The molecule has 0 aliphatic heterocycles. The van der Waals surface area contributed by atoms with Crippen molar-refractivity contribution in [2.75, 3.05) is 12.4 Å². The number of carbonyl (C=O) groups is 1. The third-order valence-corrected chi connectivity index (χ3v) is 3.37. The summed E-state index contributed by atoms with van der Waals surface area (Å²) in [6.07, 6.45) is -5.01. The lowest BCUT2D eigenvalue weighted by molar-refractivity contribution is -0.385. The summed E-state index contributed by atoms with van der Waals surface area (Å²) in [4.78, 5) is 22.1. The molecule has 1 fully saturated rings. The fourth-order valence-electron chi connectivity index (χ4n) is 1.92. The number of hydrogen-bond acceptors (Lipinski definition) is 4. The number of nitrogens with one attached hydrogen (secondary N) is 2. The Morgan fingerprint density at radius 2 is 2.00 bits per heavy atom. The van der Waals surface area contributed by atoms with Gasteiger partial charge in [-0.1, -0.05) is 0 Å². The average molecular weight is 303 g/mol. The van der Waals surface area contributed by atoms with Gasteiger partial charge in [-0.15, -0.1) is 0 Å². The van der Waals surface area contributed by atoms with Gasteiger partial charge in [-0.05, 0) is 25.0 Å². The van der Waals surface area contributed by atoms with Gasteiger partial charge in [0.05, 0.1) is 4.92 Å². The van der Waals surface area contributed by atoms with E-state index in [1.54, 1.807) is 0 Å². The Hall–Kier alpha value is -2.32. The van der Waals surface area contributed by atoms with Gasteiger partial charge < -0.3 is 10.6 Å². The summed E-state index contributed by atoms with van der Waals surface area (Å²) in [5.74, 6) is -1.10. The summed E-state index contributed by atoms with van der Waals surface area (Å²) in [7, 11) is 1.53. The van der Waals surface area contributed by atoms with Crippen LogP contribution in [0.3, 0.4) is 0 Å². The van der Waals surface area contributed by atoms with Gasteiger partial charge in [-0.25, -0.2) is 0 Å². The Balaban J connectivity index is 2.33. The molecule has 0 atom stereocenters. The molecule has 0 spiro atoms. The smallest absolute Gasteiger partial charge is 0.388 e. The Labute approximate surface area is 117 Å². The van der Waals surface area contributed by atoms with Crippen molar-refractivity contribution in [2.45, 2.75) is 24.6 Å².